The number of benzene rings is 2. The monoisotopic (exact) mass is 480 g/mol. The van der Waals surface area contributed by atoms with Crippen LogP contribution in [-0.4, -0.2) is 28.8 Å². The number of hydrogen-bond acceptors (Lipinski definition) is 2. The lowest BCUT2D eigenvalue weighted by molar-refractivity contribution is -0.141. The topological polar surface area (TPSA) is 49.4 Å². The normalized spacial score (nSPS) is 15.0. The van der Waals surface area contributed by atoms with E-state index in [0.29, 0.717) is 33.6 Å². The molecule has 0 radical (unpaired) electrons. The molecule has 2 aromatic rings. The lowest BCUT2D eigenvalue weighted by Gasteiger charge is -2.31. The van der Waals surface area contributed by atoms with E-state index in [2.05, 4.69) is 5.32 Å². The maximum atomic E-state index is 13.4. The van der Waals surface area contributed by atoms with Crippen LogP contribution in [0.5, 0.6) is 0 Å². The molecule has 0 bridgehead atoms. The molecule has 0 saturated heterocycles. The van der Waals surface area contributed by atoms with Crippen molar-refractivity contribution in [1.29, 1.82) is 0 Å². The Morgan fingerprint density at radius 2 is 1.68 bits per heavy atom. The first-order valence-corrected chi connectivity index (χ1v) is 11.8. The minimum Gasteiger partial charge on any atom is -0.352 e. The zero-order valence-corrected chi connectivity index (χ0v) is 19.8. The molecule has 0 aliphatic heterocycles. The van der Waals surface area contributed by atoms with Crippen LogP contribution in [0, 0.1) is 0 Å². The lowest BCUT2D eigenvalue weighted by Crippen LogP contribution is -2.51. The van der Waals surface area contributed by atoms with Gasteiger partial charge in [0.2, 0.25) is 11.8 Å². The molecule has 0 spiro atoms. The predicted octanol–water partition coefficient (Wildman–Crippen LogP) is 6.06. The number of nitrogens with one attached hydrogen (secondary N) is 1. The van der Waals surface area contributed by atoms with Crippen molar-refractivity contribution < 1.29 is 9.59 Å². The summed E-state index contributed by atoms with van der Waals surface area (Å²) in [6.07, 6.45) is 4.86. The number of carbonyl (C=O) groups excluding carboxylic acids is 2. The number of halogens is 3. The van der Waals surface area contributed by atoms with Gasteiger partial charge in [0.1, 0.15) is 6.04 Å². The van der Waals surface area contributed by atoms with E-state index in [0.717, 1.165) is 31.2 Å². The van der Waals surface area contributed by atoms with Gasteiger partial charge in [-0.15, -0.1) is 0 Å². The average molecular weight is 482 g/mol. The molecule has 4 nitrogen and oxygen atoms in total. The van der Waals surface area contributed by atoms with E-state index in [-0.39, 0.29) is 24.3 Å². The van der Waals surface area contributed by atoms with E-state index in [1.165, 1.54) is 0 Å². The Morgan fingerprint density at radius 1 is 1.03 bits per heavy atom. The van der Waals surface area contributed by atoms with Gasteiger partial charge in [0.25, 0.3) is 0 Å². The molecule has 1 fully saturated rings. The third-order valence-electron chi connectivity index (χ3n) is 5.71. The predicted molar refractivity (Wildman–Crippen MR) is 127 cm³/mol. The second-order valence-corrected chi connectivity index (χ2v) is 9.25. The molecule has 1 atom stereocenters. The summed E-state index contributed by atoms with van der Waals surface area (Å²) in [4.78, 5) is 28.2. The molecule has 1 aliphatic rings. The van der Waals surface area contributed by atoms with E-state index in [1.807, 2.05) is 19.1 Å². The van der Waals surface area contributed by atoms with E-state index in [9.17, 15) is 9.59 Å². The maximum absolute atomic E-state index is 13.4. The molecule has 2 aromatic carbocycles. The van der Waals surface area contributed by atoms with Crippen molar-refractivity contribution in [2.45, 2.75) is 64.1 Å². The van der Waals surface area contributed by atoms with Crippen LogP contribution in [0.1, 0.15) is 50.2 Å². The van der Waals surface area contributed by atoms with Crippen LogP contribution < -0.4 is 5.32 Å². The van der Waals surface area contributed by atoms with E-state index < -0.39 is 6.04 Å². The molecule has 7 heteroatoms. The van der Waals surface area contributed by atoms with Gasteiger partial charge in [-0.2, -0.15) is 0 Å². The SMILES string of the molecule is CC[C@H](C(=O)NC1CCCC1)N(Cc1ccc(Cl)cc1)C(=O)Cc1ccc(Cl)cc1Cl. The summed E-state index contributed by atoms with van der Waals surface area (Å²) < 4.78 is 0. The van der Waals surface area contributed by atoms with Crippen molar-refractivity contribution >= 4 is 46.6 Å². The molecule has 2 amide bonds. The van der Waals surface area contributed by atoms with Crippen LogP contribution in [0.2, 0.25) is 15.1 Å². The fourth-order valence-electron chi connectivity index (χ4n) is 4.00. The van der Waals surface area contributed by atoms with Gasteiger partial charge in [0.05, 0.1) is 6.42 Å². The summed E-state index contributed by atoms with van der Waals surface area (Å²) in [6, 6.07) is 12.0. The molecule has 0 heterocycles. The zero-order chi connectivity index (χ0) is 22.4. The van der Waals surface area contributed by atoms with E-state index in [1.54, 1.807) is 35.2 Å². The average Bonchev–Trinajstić information content (AvgIpc) is 3.24. The van der Waals surface area contributed by atoms with Crippen molar-refractivity contribution in [1.82, 2.24) is 10.2 Å². The van der Waals surface area contributed by atoms with Crippen molar-refractivity contribution in [2.24, 2.45) is 0 Å². The Kier molecular flexibility index (Phi) is 8.65. The number of hydrogen-bond donors (Lipinski definition) is 1. The minimum absolute atomic E-state index is 0.0940. The first-order chi connectivity index (χ1) is 14.9. The molecular weight excluding hydrogens is 455 g/mol. The molecule has 0 unspecified atom stereocenters. The second-order valence-electron chi connectivity index (χ2n) is 7.97. The quantitative estimate of drug-likeness (QED) is 0.498. The van der Waals surface area contributed by atoms with Crippen LogP contribution in [0.15, 0.2) is 42.5 Å². The van der Waals surface area contributed by atoms with Crippen molar-refractivity contribution in [3.05, 3.63) is 68.7 Å². The third kappa shape index (κ3) is 6.61. The summed E-state index contributed by atoms with van der Waals surface area (Å²) in [5.74, 6) is -0.258. The number of carbonyl (C=O) groups is 2. The van der Waals surface area contributed by atoms with Crippen LogP contribution in [0.25, 0.3) is 0 Å². The largest absolute Gasteiger partial charge is 0.352 e. The highest BCUT2D eigenvalue weighted by atomic mass is 35.5. The highest BCUT2D eigenvalue weighted by Crippen LogP contribution is 2.24. The minimum atomic E-state index is -0.560. The van der Waals surface area contributed by atoms with Crippen molar-refractivity contribution in [2.75, 3.05) is 0 Å². The Balaban J connectivity index is 1.83. The Labute approximate surface area is 198 Å². The van der Waals surface area contributed by atoms with Gasteiger partial charge in [-0.25, -0.2) is 0 Å². The van der Waals surface area contributed by atoms with Crippen molar-refractivity contribution in [3.8, 4) is 0 Å². The van der Waals surface area contributed by atoms with Crippen molar-refractivity contribution in [3.63, 3.8) is 0 Å². The maximum Gasteiger partial charge on any atom is 0.243 e. The van der Waals surface area contributed by atoms with Gasteiger partial charge in [0, 0.05) is 27.7 Å². The smallest absolute Gasteiger partial charge is 0.243 e. The van der Waals surface area contributed by atoms with Crippen LogP contribution in [-0.2, 0) is 22.6 Å². The molecule has 1 N–H and O–H groups in total. The van der Waals surface area contributed by atoms with Gasteiger partial charge in [-0.3, -0.25) is 9.59 Å². The fraction of sp³-hybridized carbons (Fsp3) is 0.417. The van der Waals surface area contributed by atoms with Gasteiger partial charge in [-0.1, -0.05) is 72.8 Å². The number of amides is 2. The van der Waals surface area contributed by atoms with Gasteiger partial charge in [-0.05, 0) is 54.7 Å². The lowest BCUT2D eigenvalue weighted by atomic mass is 10.1. The van der Waals surface area contributed by atoms with Crippen LogP contribution >= 0.6 is 34.8 Å². The van der Waals surface area contributed by atoms with Crippen LogP contribution in [0.3, 0.4) is 0 Å². The standard InChI is InChI=1S/C24H27Cl3N2O2/c1-2-22(24(31)28-20-5-3-4-6-20)29(15-16-7-10-18(25)11-8-16)23(30)13-17-9-12-19(26)14-21(17)27/h7-12,14,20,22H,2-6,13,15H2,1H3,(H,28,31)/t22-/m1/s1. The molecule has 1 aliphatic carbocycles. The first-order valence-electron chi connectivity index (χ1n) is 10.7. The number of nitrogens with zero attached hydrogens (tertiary/aromatic N) is 1. The van der Waals surface area contributed by atoms with Gasteiger partial charge >= 0.3 is 0 Å². The highest BCUT2D eigenvalue weighted by Gasteiger charge is 2.30. The third-order valence-corrected chi connectivity index (χ3v) is 6.55. The van der Waals surface area contributed by atoms with Crippen LogP contribution in [0.4, 0.5) is 0 Å². The van der Waals surface area contributed by atoms with E-state index >= 15 is 0 Å². The summed E-state index contributed by atoms with van der Waals surface area (Å²) in [6.45, 7) is 2.24. The summed E-state index contributed by atoms with van der Waals surface area (Å²) in [5, 5.41) is 4.73. The fourth-order valence-corrected chi connectivity index (χ4v) is 4.60. The molecule has 31 heavy (non-hydrogen) atoms. The van der Waals surface area contributed by atoms with Gasteiger partial charge in [0.15, 0.2) is 0 Å². The Hall–Kier alpha value is -1.75. The second kappa shape index (κ2) is 11.2. The molecule has 166 valence electrons. The highest BCUT2D eigenvalue weighted by molar-refractivity contribution is 6.35. The summed E-state index contributed by atoms with van der Waals surface area (Å²) >= 11 is 18.3. The Morgan fingerprint density at radius 3 is 2.29 bits per heavy atom. The zero-order valence-electron chi connectivity index (χ0n) is 17.5. The summed E-state index contributed by atoms with van der Waals surface area (Å²) in [7, 11) is 0. The number of rotatable bonds is 8. The molecule has 3 rings (SSSR count). The molecular formula is C24H27Cl3N2O2. The molecule has 1 saturated carbocycles. The van der Waals surface area contributed by atoms with E-state index in [4.69, 9.17) is 34.8 Å². The van der Waals surface area contributed by atoms with Gasteiger partial charge < -0.3 is 10.2 Å². The summed E-state index contributed by atoms with van der Waals surface area (Å²) in [5.41, 5.74) is 1.59. The molecule has 0 aromatic heterocycles. The Bertz CT molecular complexity index is 912. The first kappa shape index (κ1) is 23.9.